The van der Waals surface area contributed by atoms with Crippen molar-refractivity contribution in [1.29, 1.82) is 0 Å². The highest BCUT2D eigenvalue weighted by molar-refractivity contribution is 9.11. The summed E-state index contributed by atoms with van der Waals surface area (Å²) in [4.78, 5) is 14.0. The molecule has 1 heterocycles. The first kappa shape index (κ1) is 14.0. The lowest BCUT2D eigenvalue weighted by Gasteiger charge is -2.15. The molecule has 1 saturated heterocycles. The summed E-state index contributed by atoms with van der Waals surface area (Å²) in [5.41, 5.74) is 6.59. The second-order valence-corrected chi connectivity index (χ2v) is 6.23. The van der Waals surface area contributed by atoms with Crippen LogP contribution in [0.3, 0.4) is 0 Å². The molecular formula is C12H15Br2N3O. The van der Waals surface area contributed by atoms with Crippen LogP contribution in [0, 0.1) is 0 Å². The van der Waals surface area contributed by atoms with Crippen LogP contribution in [0.4, 0.5) is 5.69 Å². The van der Waals surface area contributed by atoms with Crippen LogP contribution in [0.2, 0.25) is 0 Å². The quantitative estimate of drug-likeness (QED) is 0.849. The van der Waals surface area contributed by atoms with Gasteiger partial charge in [-0.25, -0.2) is 0 Å². The van der Waals surface area contributed by atoms with Gasteiger partial charge in [0.1, 0.15) is 0 Å². The molecule has 0 bridgehead atoms. The van der Waals surface area contributed by atoms with Gasteiger partial charge in [-0.3, -0.25) is 9.69 Å². The molecule has 0 saturated carbocycles. The summed E-state index contributed by atoms with van der Waals surface area (Å²) in [7, 11) is 0. The number of hydrogen-bond acceptors (Lipinski definition) is 3. The molecule has 6 heteroatoms. The summed E-state index contributed by atoms with van der Waals surface area (Å²) < 4.78 is 1.83. The molecule has 0 spiro atoms. The van der Waals surface area contributed by atoms with Crippen molar-refractivity contribution in [3.05, 3.63) is 27.1 Å². The highest BCUT2D eigenvalue weighted by Crippen LogP contribution is 2.26. The van der Waals surface area contributed by atoms with Crippen molar-refractivity contribution in [2.24, 2.45) is 5.73 Å². The van der Waals surface area contributed by atoms with Gasteiger partial charge in [-0.05, 0) is 40.5 Å². The molecule has 1 aromatic rings. The number of hydrogen-bond donors (Lipinski definition) is 2. The molecule has 4 nitrogen and oxygen atoms in total. The van der Waals surface area contributed by atoms with E-state index in [1.54, 1.807) is 0 Å². The highest BCUT2D eigenvalue weighted by Gasteiger charge is 2.21. The molecule has 0 radical (unpaired) electrons. The summed E-state index contributed by atoms with van der Waals surface area (Å²) >= 11 is 6.79. The van der Waals surface area contributed by atoms with Crippen molar-refractivity contribution in [1.82, 2.24) is 4.90 Å². The van der Waals surface area contributed by atoms with E-state index in [9.17, 15) is 4.79 Å². The number of anilines is 1. The third-order valence-corrected chi connectivity index (χ3v) is 4.03. The van der Waals surface area contributed by atoms with E-state index in [1.165, 1.54) is 0 Å². The predicted molar refractivity (Wildman–Crippen MR) is 79.5 cm³/mol. The Morgan fingerprint density at radius 1 is 1.50 bits per heavy atom. The van der Waals surface area contributed by atoms with E-state index in [0.717, 1.165) is 34.1 Å². The molecule has 1 atom stereocenters. The molecule has 1 amide bonds. The zero-order valence-corrected chi connectivity index (χ0v) is 13.0. The molecule has 18 heavy (non-hydrogen) atoms. The van der Waals surface area contributed by atoms with Crippen molar-refractivity contribution in [3.8, 4) is 0 Å². The lowest BCUT2D eigenvalue weighted by Crippen LogP contribution is -2.33. The summed E-state index contributed by atoms with van der Waals surface area (Å²) in [5, 5.41) is 2.89. The van der Waals surface area contributed by atoms with Crippen molar-refractivity contribution >= 4 is 43.5 Å². The first-order chi connectivity index (χ1) is 8.54. The van der Waals surface area contributed by atoms with Crippen LogP contribution < -0.4 is 11.1 Å². The Morgan fingerprint density at radius 3 is 2.89 bits per heavy atom. The van der Waals surface area contributed by atoms with E-state index in [2.05, 4.69) is 42.1 Å². The molecule has 0 aromatic heterocycles. The number of halogens is 2. The van der Waals surface area contributed by atoms with Crippen LogP contribution in [0.15, 0.2) is 27.1 Å². The Balaban J connectivity index is 1.91. The first-order valence-corrected chi connectivity index (χ1v) is 7.36. The average molecular weight is 377 g/mol. The third-order valence-electron chi connectivity index (χ3n) is 2.88. The van der Waals surface area contributed by atoms with Gasteiger partial charge in [0.15, 0.2) is 0 Å². The van der Waals surface area contributed by atoms with Gasteiger partial charge >= 0.3 is 0 Å². The second kappa shape index (κ2) is 6.14. The fourth-order valence-corrected chi connectivity index (χ4v) is 3.14. The van der Waals surface area contributed by atoms with E-state index in [1.807, 2.05) is 18.2 Å². The molecule has 98 valence electrons. The fraction of sp³-hybridized carbons (Fsp3) is 0.417. The lowest BCUT2D eigenvalue weighted by atomic mass is 10.3. The Labute approximate surface area is 123 Å². The van der Waals surface area contributed by atoms with Crippen molar-refractivity contribution in [3.63, 3.8) is 0 Å². The topological polar surface area (TPSA) is 58.4 Å². The minimum atomic E-state index is -0.00729. The maximum atomic E-state index is 11.9. The number of nitrogens with zero attached hydrogens (tertiary/aromatic N) is 1. The molecule has 1 aromatic carbocycles. The van der Waals surface area contributed by atoms with Crippen LogP contribution in [0.25, 0.3) is 0 Å². The maximum absolute atomic E-state index is 11.9. The zero-order chi connectivity index (χ0) is 13.1. The monoisotopic (exact) mass is 375 g/mol. The summed E-state index contributed by atoms with van der Waals surface area (Å²) in [6.45, 7) is 2.10. The Morgan fingerprint density at radius 2 is 2.28 bits per heavy atom. The molecule has 1 aliphatic heterocycles. The standard InChI is InChI=1S/C12H15Br2N3O/c13-8-1-2-11(10(14)5-8)16-12(18)7-17-4-3-9(15)6-17/h1-2,5,9H,3-4,6-7,15H2,(H,16,18). The number of amides is 1. The van der Waals surface area contributed by atoms with Gasteiger partial charge in [-0.2, -0.15) is 0 Å². The number of nitrogens with two attached hydrogens (primary N) is 1. The summed E-state index contributed by atoms with van der Waals surface area (Å²) in [6, 6.07) is 5.87. The number of likely N-dealkylation sites (tertiary alicyclic amines) is 1. The van der Waals surface area contributed by atoms with E-state index in [0.29, 0.717) is 6.54 Å². The first-order valence-electron chi connectivity index (χ1n) is 5.77. The Hall–Kier alpha value is -0.430. The lowest BCUT2D eigenvalue weighted by molar-refractivity contribution is -0.117. The fourth-order valence-electron chi connectivity index (χ4n) is 1.99. The highest BCUT2D eigenvalue weighted by atomic mass is 79.9. The normalized spacial score (nSPS) is 20.1. The second-order valence-electron chi connectivity index (χ2n) is 4.46. The van der Waals surface area contributed by atoms with Crippen LogP contribution in [0.5, 0.6) is 0 Å². The van der Waals surface area contributed by atoms with Crippen molar-refractivity contribution in [2.75, 3.05) is 25.0 Å². The Kier molecular flexibility index (Phi) is 4.77. The van der Waals surface area contributed by atoms with Crippen LogP contribution in [-0.2, 0) is 4.79 Å². The minimum absolute atomic E-state index is 0.00729. The summed E-state index contributed by atoms with van der Waals surface area (Å²) in [6.07, 6.45) is 0.968. The van der Waals surface area contributed by atoms with E-state index in [4.69, 9.17) is 5.73 Å². The smallest absolute Gasteiger partial charge is 0.238 e. The van der Waals surface area contributed by atoms with Crippen LogP contribution >= 0.6 is 31.9 Å². The van der Waals surface area contributed by atoms with Crippen molar-refractivity contribution < 1.29 is 4.79 Å². The number of nitrogens with one attached hydrogen (secondary N) is 1. The molecule has 1 fully saturated rings. The molecule has 2 rings (SSSR count). The van der Waals surface area contributed by atoms with E-state index < -0.39 is 0 Å². The molecule has 1 unspecified atom stereocenters. The van der Waals surface area contributed by atoms with Gasteiger partial charge < -0.3 is 11.1 Å². The zero-order valence-electron chi connectivity index (χ0n) is 9.83. The molecule has 3 N–H and O–H groups in total. The van der Waals surface area contributed by atoms with Gasteiger partial charge in [0.05, 0.1) is 12.2 Å². The average Bonchev–Trinajstić information content (AvgIpc) is 2.68. The SMILES string of the molecule is NC1CCN(CC(=O)Nc2ccc(Br)cc2Br)C1. The largest absolute Gasteiger partial charge is 0.326 e. The summed E-state index contributed by atoms with van der Waals surface area (Å²) in [5.74, 6) is -0.00729. The Bertz CT molecular complexity index is 453. The number of carbonyl (C=O) groups excluding carboxylic acids is 1. The predicted octanol–water partition coefficient (Wildman–Crippen LogP) is 2.18. The van der Waals surface area contributed by atoms with Crippen LogP contribution in [0.1, 0.15) is 6.42 Å². The maximum Gasteiger partial charge on any atom is 0.238 e. The van der Waals surface area contributed by atoms with E-state index >= 15 is 0 Å². The van der Waals surface area contributed by atoms with Gasteiger partial charge in [-0.1, -0.05) is 15.9 Å². The molecule has 0 aliphatic carbocycles. The third kappa shape index (κ3) is 3.78. The number of carbonyl (C=O) groups is 1. The molecule has 1 aliphatic rings. The minimum Gasteiger partial charge on any atom is -0.326 e. The molecular weight excluding hydrogens is 362 g/mol. The van der Waals surface area contributed by atoms with Gasteiger partial charge in [0.2, 0.25) is 5.91 Å². The number of benzene rings is 1. The van der Waals surface area contributed by atoms with Gasteiger partial charge in [0.25, 0.3) is 0 Å². The van der Waals surface area contributed by atoms with Gasteiger partial charge in [0, 0.05) is 28.1 Å². The van der Waals surface area contributed by atoms with Crippen LogP contribution in [-0.4, -0.2) is 36.5 Å². The number of rotatable bonds is 3. The van der Waals surface area contributed by atoms with E-state index in [-0.39, 0.29) is 11.9 Å². The van der Waals surface area contributed by atoms with Crippen molar-refractivity contribution in [2.45, 2.75) is 12.5 Å². The van der Waals surface area contributed by atoms with Gasteiger partial charge in [-0.15, -0.1) is 0 Å².